The number of nitrogens with one attached hydrogen (secondary N) is 1. The summed E-state index contributed by atoms with van der Waals surface area (Å²) in [5, 5.41) is 7.45. The molecule has 1 aromatic carbocycles. The molecule has 3 heteroatoms. The first kappa shape index (κ1) is 9.52. The van der Waals surface area contributed by atoms with Crippen molar-refractivity contribution in [3.63, 3.8) is 0 Å². The molecule has 0 radical (unpaired) electrons. The van der Waals surface area contributed by atoms with E-state index in [2.05, 4.69) is 0 Å². The van der Waals surface area contributed by atoms with E-state index in [0.29, 0.717) is 0 Å². The Balaban J connectivity index is 2.38. The Labute approximate surface area is 88.4 Å². The van der Waals surface area contributed by atoms with Gasteiger partial charge >= 0.3 is 0 Å². The Morgan fingerprint density at radius 1 is 1.27 bits per heavy atom. The first-order valence-corrected chi connectivity index (χ1v) is 4.70. The van der Waals surface area contributed by atoms with E-state index in [4.69, 9.17) is 15.9 Å². The molecule has 0 amide bonds. The summed E-state index contributed by atoms with van der Waals surface area (Å²) in [6, 6.07) is 9.80. The predicted octanol–water partition coefficient (Wildman–Crippen LogP) is 1.92. The smallest absolute Gasteiger partial charge is 0.179 e. The average Bonchev–Trinajstić information content (AvgIpc) is 2.30. The molecule has 15 heavy (non-hydrogen) atoms. The van der Waals surface area contributed by atoms with E-state index in [-0.39, 0.29) is 5.84 Å². The number of amidine groups is 1. The molecule has 1 aliphatic heterocycles. The molecule has 0 spiro atoms. The van der Waals surface area contributed by atoms with E-state index in [0.717, 1.165) is 11.1 Å². The van der Waals surface area contributed by atoms with Crippen LogP contribution in [0.25, 0.3) is 5.57 Å². The third kappa shape index (κ3) is 1.91. The van der Waals surface area contributed by atoms with E-state index in [1.165, 1.54) is 0 Å². The fourth-order valence-corrected chi connectivity index (χ4v) is 1.55. The zero-order valence-corrected chi connectivity index (χ0v) is 8.18. The van der Waals surface area contributed by atoms with Crippen LogP contribution in [0, 0.1) is 5.41 Å². The van der Waals surface area contributed by atoms with Gasteiger partial charge in [-0.25, -0.2) is 0 Å². The second-order valence-corrected chi connectivity index (χ2v) is 3.29. The number of ether oxygens (including phenoxy) is 1. The molecule has 0 saturated carbocycles. The molecule has 0 aromatic heterocycles. The maximum absolute atomic E-state index is 7.45. The minimum Gasteiger partial charge on any atom is -0.485 e. The minimum absolute atomic E-state index is 0.0226. The Hall–Kier alpha value is -2.03. The lowest BCUT2D eigenvalue weighted by atomic mass is 9.98. The Bertz CT molecular complexity index is 421. The summed E-state index contributed by atoms with van der Waals surface area (Å²) in [6.07, 6.45) is 4.82. The quantitative estimate of drug-likeness (QED) is 0.566. The molecule has 0 saturated heterocycles. The van der Waals surface area contributed by atoms with Gasteiger partial charge in [-0.3, -0.25) is 5.41 Å². The summed E-state index contributed by atoms with van der Waals surface area (Å²) >= 11 is 0. The van der Waals surface area contributed by atoms with E-state index in [9.17, 15) is 0 Å². The molecular weight excluding hydrogens is 188 g/mol. The molecule has 3 N–H and O–H groups in total. The van der Waals surface area contributed by atoms with Crippen molar-refractivity contribution in [2.24, 2.45) is 5.73 Å². The minimum atomic E-state index is -0.461. The third-order valence-electron chi connectivity index (χ3n) is 2.24. The summed E-state index contributed by atoms with van der Waals surface area (Å²) in [7, 11) is 0. The van der Waals surface area contributed by atoms with E-state index in [1.807, 2.05) is 42.5 Å². The van der Waals surface area contributed by atoms with Crippen LogP contribution in [-0.4, -0.2) is 11.9 Å². The van der Waals surface area contributed by atoms with Crippen molar-refractivity contribution < 1.29 is 4.74 Å². The number of nitrogens with two attached hydrogens (primary N) is 1. The number of rotatable bonds is 2. The van der Waals surface area contributed by atoms with Crippen molar-refractivity contribution in [3.05, 3.63) is 54.3 Å². The summed E-state index contributed by atoms with van der Waals surface area (Å²) in [5.74, 6) is 0.0226. The molecule has 1 heterocycles. The van der Waals surface area contributed by atoms with Crippen LogP contribution in [-0.2, 0) is 4.74 Å². The highest BCUT2D eigenvalue weighted by molar-refractivity contribution is 5.96. The van der Waals surface area contributed by atoms with Gasteiger partial charge in [-0.2, -0.15) is 0 Å². The van der Waals surface area contributed by atoms with Gasteiger partial charge < -0.3 is 10.5 Å². The van der Waals surface area contributed by atoms with Gasteiger partial charge in [-0.15, -0.1) is 0 Å². The van der Waals surface area contributed by atoms with Crippen LogP contribution in [0.5, 0.6) is 0 Å². The van der Waals surface area contributed by atoms with Crippen molar-refractivity contribution in [3.8, 4) is 0 Å². The first-order valence-electron chi connectivity index (χ1n) is 4.70. The Morgan fingerprint density at radius 3 is 2.67 bits per heavy atom. The molecule has 0 bridgehead atoms. The third-order valence-corrected chi connectivity index (χ3v) is 2.24. The molecule has 1 aliphatic rings. The highest BCUT2D eigenvalue weighted by atomic mass is 16.5. The fourth-order valence-electron chi connectivity index (χ4n) is 1.55. The molecule has 1 aromatic rings. The van der Waals surface area contributed by atoms with Gasteiger partial charge in [0.25, 0.3) is 0 Å². The zero-order valence-electron chi connectivity index (χ0n) is 8.18. The zero-order chi connectivity index (χ0) is 10.7. The Morgan fingerprint density at radius 2 is 2.00 bits per heavy atom. The van der Waals surface area contributed by atoms with Crippen LogP contribution >= 0.6 is 0 Å². The van der Waals surface area contributed by atoms with Gasteiger partial charge in [0.2, 0.25) is 0 Å². The monoisotopic (exact) mass is 200 g/mol. The molecule has 1 unspecified atom stereocenters. The lowest BCUT2D eigenvalue weighted by Gasteiger charge is -2.21. The Kier molecular flexibility index (Phi) is 2.54. The van der Waals surface area contributed by atoms with Gasteiger partial charge in [0.1, 0.15) is 5.84 Å². The largest absolute Gasteiger partial charge is 0.485 e. The maximum Gasteiger partial charge on any atom is 0.179 e. The average molecular weight is 200 g/mol. The number of hydrogen-bond acceptors (Lipinski definition) is 2. The van der Waals surface area contributed by atoms with Crippen LogP contribution in [0.4, 0.5) is 0 Å². The van der Waals surface area contributed by atoms with Gasteiger partial charge in [-0.05, 0) is 11.6 Å². The second kappa shape index (κ2) is 4.00. The topological polar surface area (TPSA) is 59.1 Å². The normalized spacial score (nSPS) is 19.2. The molecular formula is C12H12N2O. The molecule has 3 nitrogen and oxygen atoms in total. The number of hydrogen-bond donors (Lipinski definition) is 2. The maximum atomic E-state index is 7.45. The second-order valence-electron chi connectivity index (χ2n) is 3.29. The van der Waals surface area contributed by atoms with E-state index < -0.39 is 6.10 Å². The van der Waals surface area contributed by atoms with Crippen molar-refractivity contribution in [1.82, 2.24) is 0 Å². The molecule has 0 aliphatic carbocycles. The lowest BCUT2D eigenvalue weighted by Crippen LogP contribution is -2.31. The summed E-state index contributed by atoms with van der Waals surface area (Å²) in [4.78, 5) is 0. The van der Waals surface area contributed by atoms with E-state index >= 15 is 0 Å². The summed E-state index contributed by atoms with van der Waals surface area (Å²) in [5.41, 5.74) is 7.43. The van der Waals surface area contributed by atoms with Crippen LogP contribution in [0.15, 0.2) is 48.7 Å². The van der Waals surface area contributed by atoms with Gasteiger partial charge in [-0.1, -0.05) is 36.4 Å². The van der Waals surface area contributed by atoms with Crippen LogP contribution in [0.1, 0.15) is 5.56 Å². The fraction of sp³-hybridized carbons (Fsp3) is 0.0833. The van der Waals surface area contributed by atoms with E-state index in [1.54, 1.807) is 6.26 Å². The van der Waals surface area contributed by atoms with Crippen LogP contribution < -0.4 is 5.73 Å². The SMILES string of the molecule is N=C(N)C1OC=CC=C1c1ccccc1. The van der Waals surface area contributed by atoms with Crippen LogP contribution in [0.3, 0.4) is 0 Å². The van der Waals surface area contributed by atoms with Crippen molar-refractivity contribution in [2.45, 2.75) is 6.10 Å². The molecule has 1 atom stereocenters. The van der Waals surface area contributed by atoms with Gasteiger partial charge in [0.05, 0.1) is 6.26 Å². The van der Waals surface area contributed by atoms with Crippen molar-refractivity contribution in [2.75, 3.05) is 0 Å². The van der Waals surface area contributed by atoms with Crippen LogP contribution in [0.2, 0.25) is 0 Å². The molecule has 2 rings (SSSR count). The van der Waals surface area contributed by atoms with Gasteiger partial charge in [0, 0.05) is 5.57 Å². The molecule has 76 valence electrons. The lowest BCUT2D eigenvalue weighted by molar-refractivity contribution is 0.245. The van der Waals surface area contributed by atoms with Crippen molar-refractivity contribution >= 4 is 11.4 Å². The highest BCUT2D eigenvalue weighted by Crippen LogP contribution is 2.23. The standard InChI is InChI=1S/C12H12N2O/c13-12(14)11-10(7-4-8-15-11)9-5-2-1-3-6-9/h1-8,11H,(H3,13,14). The van der Waals surface area contributed by atoms with Crippen molar-refractivity contribution in [1.29, 1.82) is 5.41 Å². The summed E-state index contributed by atoms with van der Waals surface area (Å²) in [6.45, 7) is 0. The number of allylic oxidation sites excluding steroid dienone is 2. The van der Waals surface area contributed by atoms with Gasteiger partial charge in [0.15, 0.2) is 6.10 Å². The molecule has 0 fully saturated rings. The highest BCUT2D eigenvalue weighted by Gasteiger charge is 2.20. The summed E-state index contributed by atoms with van der Waals surface area (Å²) < 4.78 is 5.31. The predicted molar refractivity (Wildman–Crippen MR) is 60.3 cm³/mol. The first-order chi connectivity index (χ1) is 7.29. The number of benzene rings is 1.